The number of piperidine rings is 1. The number of anilines is 1. The maximum Gasteiger partial charge on any atom is 0.277 e. The average molecular weight is 412 g/mol. The van der Waals surface area contributed by atoms with E-state index >= 15 is 0 Å². The lowest BCUT2D eigenvalue weighted by Crippen LogP contribution is -2.42. The van der Waals surface area contributed by atoms with E-state index in [9.17, 15) is 9.59 Å². The molecule has 3 heterocycles. The molecule has 2 atom stereocenters. The van der Waals surface area contributed by atoms with Gasteiger partial charge in [0.1, 0.15) is 0 Å². The number of morpholine rings is 1. The van der Waals surface area contributed by atoms with Crippen molar-refractivity contribution in [2.24, 2.45) is 0 Å². The van der Waals surface area contributed by atoms with E-state index in [2.05, 4.69) is 27.9 Å². The van der Waals surface area contributed by atoms with Crippen LogP contribution >= 0.6 is 0 Å². The number of ether oxygens (including phenoxy) is 1. The zero-order valence-corrected chi connectivity index (χ0v) is 17.2. The third-order valence-electron chi connectivity index (χ3n) is 5.62. The van der Waals surface area contributed by atoms with Crippen LogP contribution in [0.2, 0.25) is 0 Å². The first-order valence-corrected chi connectivity index (χ1v) is 10.5. The van der Waals surface area contributed by atoms with Crippen molar-refractivity contribution in [2.45, 2.75) is 44.9 Å². The Labute approximate surface area is 175 Å². The summed E-state index contributed by atoms with van der Waals surface area (Å²) >= 11 is 0. The lowest BCUT2D eigenvalue weighted by atomic mass is 10.0. The third-order valence-corrected chi connectivity index (χ3v) is 5.62. The van der Waals surface area contributed by atoms with Crippen LogP contribution in [-0.4, -0.2) is 70.1 Å². The largest absolute Gasteiger partial charge is 0.374 e. The summed E-state index contributed by atoms with van der Waals surface area (Å²) in [5.74, 6) is -0.296. The Morgan fingerprint density at radius 3 is 2.83 bits per heavy atom. The van der Waals surface area contributed by atoms with Gasteiger partial charge < -0.3 is 20.3 Å². The third kappa shape index (κ3) is 4.85. The summed E-state index contributed by atoms with van der Waals surface area (Å²) in [6, 6.07) is 7.26. The quantitative estimate of drug-likeness (QED) is 0.772. The smallest absolute Gasteiger partial charge is 0.277 e. The molecule has 2 aliphatic heterocycles. The average Bonchev–Trinajstić information content (AvgIpc) is 3.23. The second kappa shape index (κ2) is 9.36. The van der Waals surface area contributed by atoms with Gasteiger partial charge in [-0.05, 0) is 50.5 Å². The van der Waals surface area contributed by atoms with Crippen LogP contribution in [0.5, 0.6) is 0 Å². The molecule has 4 rings (SSSR count). The van der Waals surface area contributed by atoms with Crippen molar-refractivity contribution in [1.82, 2.24) is 25.2 Å². The molecule has 9 nitrogen and oxygen atoms in total. The predicted octanol–water partition coefficient (Wildman–Crippen LogP) is 1.53. The summed E-state index contributed by atoms with van der Waals surface area (Å²) in [6.45, 7) is 5.71. The van der Waals surface area contributed by atoms with E-state index in [0.29, 0.717) is 24.4 Å². The summed E-state index contributed by atoms with van der Waals surface area (Å²) in [4.78, 5) is 27.1. The monoisotopic (exact) mass is 412 g/mol. The minimum Gasteiger partial charge on any atom is -0.374 e. The molecule has 1 aromatic heterocycles. The van der Waals surface area contributed by atoms with Crippen molar-refractivity contribution >= 4 is 17.5 Å². The second-order valence-corrected chi connectivity index (χ2v) is 7.90. The van der Waals surface area contributed by atoms with Gasteiger partial charge in [0.2, 0.25) is 0 Å². The number of nitrogens with zero attached hydrogens (tertiary/aromatic N) is 4. The zero-order valence-electron chi connectivity index (χ0n) is 17.2. The number of carbonyl (C=O) groups excluding carboxylic acids is 2. The normalized spacial score (nSPS) is 22.0. The fraction of sp³-hybridized carbons (Fsp3) is 0.524. The van der Waals surface area contributed by atoms with Crippen LogP contribution in [0.3, 0.4) is 0 Å². The van der Waals surface area contributed by atoms with Gasteiger partial charge in [0.05, 0.1) is 25.5 Å². The highest BCUT2D eigenvalue weighted by Gasteiger charge is 2.24. The Balaban J connectivity index is 1.34. The molecule has 1 aromatic carbocycles. The van der Waals surface area contributed by atoms with Crippen LogP contribution in [0.15, 0.2) is 30.5 Å². The van der Waals surface area contributed by atoms with Crippen LogP contribution in [0.1, 0.15) is 47.0 Å². The molecule has 0 spiro atoms. The molecule has 0 aliphatic carbocycles. The van der Waals surface area contributed by atoms with Gasteiger partial charge >= 0.3 is 0 Å². The number of amides is 2. The van der Waals surface area contributed by atoms with Gasteiger partial charge in [0.25, 0.3) is 11.8 Å². The zero-order chi connectivity index (χ0) is 20.9. The molecular weight excluding hydrogens is 384 g/mol. The van der Waals surface area contributed by atoms with Gasteiger partial charge in [-0.25, -0.2) is 4.68 Å². The van der Waals surface area contributed by atoms with Crippen LogP contribution < -0.4 is 10.6 Å². The van der Waals surface area contributed by atoms with E-state index in [1.165, 1.54) is 6.42 Å². The topological polar surface area (TPSA) is 101 Å². The van der Waals surface area contributed by atoms with E-state index in [0.717, 1.165) is 32.5 Å². The number of nitrogens with one attached hydrogen (secondary N) is 2. The summed E-state index contributed by atoms with van der Waals surface area (Å²) in [7, 11) is 0. The molecule has 2 aliphatic rings. The predicted molar refractivity (Wildman–Crippen MR) is 111 cm³/mol. The highest BCUT2D eigenvalue weighted by atomic mass is 16.5. The van der Waals surface area contributed by atoms with Crippen molar-refractivity contribution < 1.29 is 14.3 Å². The molecule has 2 amide bonds. The SMILES string of the molecule is CC1CCCCN1C(=O)c1ccc(NC(=O)c2cn(CC3CNCCO3)nn2)cc1. The fourth-order valence-electron chi connectivity index (χ4n) is 3.89. The molecule has 2 saturated heterocycles. The molecular formula is C21H28N6O3. The van der Waals surface area contributed by atoms with E-state index in [1.807, 2.05) is 4.90 Å². The molecule has 2 aromatic rings. The van der Waals surface area contributed by atoms with Crippen LogP contribution in [0.25, 0.3) is 0 Å². The van der Waals surface area contributed by atoms with Gasteiger partial charge in [-0.1, -0.05) is 5.21 Å². The number of benzene rings is 1. The summed E-state index contributed by atoms with van der Waals surface area (Å²) in [6.07, 6.45) is 4.90. The maximum atomic E-state index is 12.7. The second-order valence-electron chi connectivity index (χ2n) is 7.90. The first-order valence-electron chi connectivity index (χ1n) is 10.5. The number of carbonyl (C=O) groups is 2. The summed E-state index contributed by atoms with van der Waals surface area (Å²) in [5.41, 5.74) is 1.48. The lowest BCUT2D eigenvalue weighted by molar-refractivity contribution is 0.0158. The maximum absolute atomic E-state index is 12.7. The van der Waals surface area contributed by atoms with Gasteiger partial charge in [-0.15, -0.1) is 5.10 Å². The van der Waals surface area contributed by atoms with Gasteiger partial charge in [-0.2, -0.15) is 0 Å². The number of rotatable bonds is 5. The van der Waals surface area contributed by atoms with Crippen molar-refractivity contribution in [1.29, 1.82) is 0 Å². The molecule has 0 bridgehead atoms. The molecule has 0 saturated carbocycles. The van der Waals surface area contributed by atoms with Crippen molar-refractivity contribution in [3.8, 4) is 0 Å². The van der Waals surface area contributed by atoms with Crippen LogP contribution in [0, 0.1) is 0 Å². The van der Waals surface area contributed by atoms with Crippen molar-refractivity contribution in [3.63, 3.8) is 0 Å². The standard InChI is InChI=1S/C21H28N6O3/c1-15-4-2-3-10-27(15)21(29)16-5-7-17(8-6-16)23-20(28)19-14-26(25-24-19)13-18-12-22-9-11-30-18/h5-8,14-15,18,22H,2-4,9-13H2,1H3,(H,23,28). The Morgan fingerprint density at radius 1 is 1.27 bits per heavy atom. The van der Waals surface area contributed by atoms with E-state index in [-0.39, 0.29) is 29.7 Å². The Kier molecular flexibility index (Phi) is 6.39. The molecule has 2 unspecified atom stereocenters. The van der Waals surface area contributed by atoms with Gasteiger partial charge in [-0.3, -0.25) is 9.59 Å². The number of hydrogen-bond donors (Lipinski definition) is 2. The molecule has 0 radical (unpaired) electrons. The Hall–Kier alpha value is -2.78. The highest BCUT2D eigenvalue weighted by Crippen LogP contribution is 2.20. The Bertz CT molecular complexity index is 875. The summed E-state index contributed by atoms with van der Waals surface area (Å²) in [5, 5.41) is 14.0. The molecule has 30 heavy (non-hydrogen) atoms. The van der Waals surface area contributed by atoms with Crippen LogP contribution in [0.4, 0.5) is 5.69 Å². The lowest BCUT2D eigenvalue weighted by Gasteiger charge is -2.33. The first-order chi connectivity index (χ1) is 14.6. The summed E-state index contributed by atoms with van der Waals surface area (Å²) < 4.78 is 7.26. The van der Waals surface area contributed by atoms with Gasteiger partial charge in [0.15, 0.2) is 5.69 Å². The number of hydrogen-bond acceptors (Lipinski definition) is 6. The van der Waals surface area contributed by atoms with Crippen molar-refractivity contribution in [2.75, 3.05) is 31.6 Å². The molecule has 2 N–H and O–H groups in total. The van der Waals surface area contributed by atoms with Crippen LogP contribution in [-0.2, 0) is 11.3 Å². The highest BCUT2D eigenvalue weighted by molar-refractivity contribution is 6.03. The Morgan fingerprint density at radius 2 is 2.10 bits per heavy atom. The molecule has 2 fully saturated rings. The first kappa shape index (κ1) is 20.5. The fourth-order valence-corrected chi connectivity index (χ4v) is 3.89. The molecule has 160 valence electrons. The van der Waals surface area contributed by atoms with E-state index in [1.54, 1.807) is 35.1 Å². The minimum atomic E-state index is -0.340. The number of aromatic nitrogens is 3. The minimum absolute atomic E-state index is 0.0177. The molecule has 9 heteroatoms. The van der Waals surface area contributed by atoms with E-state index in [4.69, 9.17) is 4.74 Å². The van der Waals surface area contributed by atoms with Crippen molar-refractivity contribution in [3.05, 3.63) is 41.7 Å². The van der Waals surface area contributed by atoms with Gasteiger partial charge in [0, 0.05) is 36.9 Å². The van der Waals surface area contributed by atoms with E-state index < -0.39 is 0 Å². The number of likely N-dealkylation sites (tertiary alicyclic amines) is 1.